The van der Waals surface area contributed by atoms with E-state index in [0.717, 1.165) is 109 Å². The highest BCUT2D eigenvalue weighted by atomic mass is 16.5. The van der Waals surface area contributed by atoms with Crippen molar-refractivity contribution in [1.29, 1.82) is 0 Å². The van der Waals surface area contributed by atoms with E-state index in [2.05, 4.69) is 59.9 Å². The molecule has 0 aliphatic heterocycles. The lowest BCUT2D eigenvalue weighted by molar-refractivity contribution is -0.214. The van der Waals surface area contributed by atoms with Gasteiger partial charge in [-0.25, -0.2) is 0 Å². The van der Waals surface area contributed by atoms with Crippen molar-refractivity contribution in [3.8, 4) is 0 Å². The maximum atomic E-state index is 14.5. The highest BCUT2D eigenvalue weighted by Crippen LogP contribution is 2.76. The number of allylic oxidation sites excluding steroid dienone is 2. The fourth-order valence-corrected chi connectivity index (χ4v) is 13.5. The summed E-state index contributed by atoms with van der Waals surface area (Å²) < 4.78 is 6.18. The molecule has 0 aromatic rings. The lowest BCUT2D eigenvalue weighted by Crippen LogP contribution is -2.66. The van der Waals surface area contributed by atoms with E-state index in [9.17, 15) is 24.3 Å². The van der Waals surface area contributed by atoms with Crippen LogP contribution < -0.4 is 5.32 Å². The van der Waals surface area contributed by atoms with Gasteiger partial charge in [-0.2, -0.15) is 0 Å². The minimum atomic E-state index is -1.15. The predicted octanol–water partition coefficient (Wildman–Crippen LogP) is 10.8. The van der Waals surface area contributed by atoms with Crippen molar-refractivity contribution >= 4 is 23.8 Å². The molecule has 4 fully saturated rings. The number of hydrogen-bond acceptors (Lipinski definition) is 5. The molecule has 0 radical (unpaired) electrons. The average Bonchev–Trinajstić information content (AvgIpc) is 3.09. The van der Waals surface area contributed by atoms with Gasteiger partial charge >= 0.3 is 17.9 Å². The van der Waals surface area contributed by atoms with Crippen molar-refractivity contribution < 1.29 is 34.1 Å². The average molecular weight is 768 g/mol. The Morgan fingerprint density at radius 2 is 1.44 bits per heavy atom. The standard InChI is InChI=1S/C47H77NO7/c1-31-21-26-47(40(52)48-29-17-15-13-11-10-12-14-16-18-37(49)50)28-27-45(8)33(39(47)32(31)2)19-20-35-44(7)24-23-36(55-38(51)30-42(3,4)41(53)54)43(5,6)34(44)22-25-46(35,45)9/h19,31-32,34-36,39H,10-18,20-30H2,1-9H3,(H,48,52)(H,49,50)(H,53,54). The SMILES string of the molecule is CC1CCC2(C(=O)NCCCCCCCCCCC(=O)O)CCC3(C)C(=CCC4C5(C)CCC(OC(=O)CC(C)(C)C(=O)O)C(C)(C)C5CCC43C)C2C1C. The second-order valence-electron chi connectivity index (χ2n) is 21.2. The van der Waals surface area contributed by atoms with Crippen LogP contribution in [0.15, 0.2) is 11.6 Å². The summed E-state index contributed by atoms with van der Waals surface area (Å²) in [5.74, 6) is 0.383. The highest BCUT2D eigenvalue weighted by Gasteiger charge is 2.69. The summed E-state index contributed by atoms with van der Waals surface area (Å²) in [5, 5.41) is 21.9. The number of carboxylic acid groups (broad SMARTS) is 2. The second-order valence-corrected chi connectivity index (χ2v) is 21.2. The van der Waals surface area contributed by atoms with Crippen LogP contribution in [0.3, 0.4) is 0 Å². The molecule has 0 bridgehead atoms. The van der Waals surface area contributed by atoms with Crippen LogP contribution >= 0.6 is 0 Å². The van der Waals surface area contributed by atoms with Gasteiger partial charge in [0.25, 0.3) is 0 Å². The lowest BCUT2D eigenvalue weighted by Gasteiger charge is -2.71. The van der Waals surface area contributed by atoms with E-state index in [4.69, 9.17) is 9.84 Å². The number of carbonyl (C=O) groups excluding carboxylic acids is 2. The Hall–Kier alpha value is -2.38. The van der Waals surface area contributed by atoms with Crippen molar-refractivity contribution in [3.05, 3.63) is 11.6 Å². The van der Waals surface area contributed by atoms with Gasteiger partial charge in [-0.05, 0) is 130 Å². The highest BCUT2D eigenvalue weighted by molar-refractivity contribution is 5.84. The molecule has 10 atom stereocenters. The second kappa shape index (κ2) is 16.5. The Morgan fingerprint density at radius 1 is 0.800 bits per heavy atom. The number of carboxylic acids is 2. The number of ether oxygens (including phenoxy) is 1. The smallest absolute Gasteiger partial charge is 0.309 e. The molecular weight excluding hydrogens is 691 g/mol. The van der Waals surface area contributed by atoms with Gasteiger partial charge in [0, 0.05) is 18.4 Å². The number of hydrogen-bond donors (Lipinski definition) is 3. The summed E-state index contributed by atoms with van der Waals surface area (Å²) in [6.07, 6.45) is 20.2. The van der Waals surface area contributed by atoms with Gasteiger partial charge in [0.15, 0.2) is 0 Å². The van der Waals surface area contributed by atoms with Crippen LogP contribution in [-0.2, 0) is 23.9 Å². The third-order valence-corrected chi connectivity index (χ3v) is 17.4. The number of carbonyl (C=O) groups is 4. The summed E-state index contributed by atoms with van der Waals surface area (Å²) in [6, 6.07) is 0. The summed E-state index contributed by atoms with van der Waals surface area (Å²) in [7, 11) is 0. The lowest BCUT2D eigenvalue weighted by atomic mass is 9.33. The third kappa shape index (κ3) is 8.05. The molecule has 0 heterocycles. The van der Waals surface area contributed by atoms with Crippen LogP contribution in [0.1, 0.15) is 184 Å². The Kier molecular flexibility index (Phi) is 13.1. The zero-order valence-corrected chi connectivity index (χ0v) is 36.1. The van der Waals surface area contributed by atoms with Gasteiger partial charge in [-0.15, -0.1) is 0 Å². The predicted molar refractivity (Wildman–Crippen MR) is 217 cm³/mol. The van der Waals surface area contributed by atoms with E-state index in [0.29, 0.717) is 29.6 Å². The zero-order chi connectivity index (χ0) is 40.6. The van der Waals surface area contributed by atoms with E-state index in [-0.39, 0.29) is 51.9 Å². The van der Waals surface area contributed by atoms with Gasteiger partial charge < -0.3 is 20.3 Å². The molecule has 0 aromatic carbocycles. The first-order valence-electron chi connectivity index (χ1n) is 22.3. The minimum Gasteiger partial charge on any atom is -0.481 e. The first-order valence-corrected chi connectivity index (χ1v) is 22.3. The molecule has 3 N–H and O–H groups in total. The molecule has 8 nitrogen and oxygen atoms in total. The normalized spacial score (nSPS) is 37.9. The van der Waals surface area contributed by atoms with Gasteiger partial charge in [-0.3, -0.25) is 19.2 Å². The quantitative estimate of drug-likeness (QED) is 0.0810. The topological polar surface area (TPSA) is 130 Å². The Bertz CT molecular complexity index is 1470. The summed E-state index contributed by atoms with van der Waals surface area (Å²) in [4.78, 5) is 50.1. The van der Waals surface area contributed by atoms with Crippen LogP contribution in [0, 0.1) is 62.1 Å². The Balaban J connectivity index is 1.28. The number of nitrogens with one attached hydrogen (secondary N) is 1. The maximum Gasteiger partial charge on any atom is 0.309 e. The molecule has 5 aliphatic carbocycles. The van der Waals surface area contributed by atoms with E-state index in [1.54, 1.807) is 19.4 Å². The molecule has 0 aromatic heterocycles. The summed E-state index contributed by atoms with van der Waals surface area (Å²) >= 11 is 0. The Labute approximate surface area is 333 Å². The summed E-state index contributed by atoms with van der Waals surface area (Å²) in [6.45, 7) is 21.0. The number of fused-ring (bicyclic) bond motifs is 7. The maximum absolute atomic E-state index is 14.5. The Morgan fingerprint density at radius 3 is 2.07 bits per heavy atom. The molecular formula is C47H77NO7. The zero-order valence-electron chi connectivity index (χ0n) is 36.1. The molecule has 0 spiro atoms. The molecule has 4 saturated carbocycles. The van der Waals surface area contributed by atoms with Gasteiger partial charge in [-0.1, -0.05) is 98.6 Å². The van der Waals surface area contributed by atoms with Crippen molar-refractivity contribution in [3.63, 3.8) is 0 Å². The van der Waals surface area contributed by atoms with Crippen LogP contribution in [0.5, 0.6) is 0 Å². The van der Waals surface area contributed by atoms with Crippen molar-refractivity contribution in [2.24, 2.45) is 62.1 Å². The van der Waals surface area contributed by atoms with Gasteiger partial charge in [0.1, 0.15) is 6.10 Å². The molecule has 5 rings (SSSR count). The van der Waals surface area contributed by atoms with E-state index >= 15 is 0 Å². The van der Waals surface area contributed by atoms with E-state index in [1.807, 2.05) is 0 Å². The van der Waals surface area contributed by atoms with Gasteiger partial charge in [0.2, 0.25) is 5.91 Å². The fourth-order valence-electron chi connectivity index (χ4n) is 13.5. The monoisotopic (exact) mass is 768 g/mol. The molecule has 8 heteroatoms. The molecule has 0 saturated heterocycles. The van der Waals surface area contributed by atoms with Crippen molar-refractivity contribution in [2.75, 3.05) is 6.54 Å². The number of unbranched alkanes of at least 4 members (excludes halogenated alkanes) is 7. The largest absolute Gasteiger partial charge is 0.481 e. The number of aliphatic carboxylic acids is 2. The minimum absolute atomic E-state index is 0.0210. The van der Waals surface area contributed by atoms with Crippen LogP contribution in [0.4, 0.5) is 0 Å². The van der Waals surface area contributed by atoms with Crippen LogP contribution in [0.25, 0.3) is 0 Å². The van der Waals surface area contributed by atoms with Crippen LogP contribution in [-0.4, -0.2) is 46.7 Å². The van der Waals surface area contributed by atoms with E-state index < -0.39 is 23.3 Å². The fraction of sp³-hybridized carbons (Fsp3) is 0.872. The first-order chi connectivity index (χ1) is 25.7. The molecule has 1 amide bonds. The van der Waals surface area contributed by atoms with Crippen molar-refractivity contribution in [2.45, 2.75) is 190 Å². The number of amides is 1. The first kappa shape index (κ1) is 43.7. The van der Waals surface area contributed by atoms with E-state index in [1.165, 1.54) is 6.42 Å². The van der Waals surface area contributed by atoms with Gasteiger partial charge in [0.05, 0.1) is 17.3 Å². The van der Waals surface area contributed by atoms with Crippen molar-refractivity contribution in [1.82, 2.24) is 5.32 Å². The molecule has 312 valence electrons. The molecule has 55 heavy (non-hydrogen) atoms. The number of esters is 1. The number of rotatable bonds is 16. The van der Waals surface area contributed by atoms with Crippen LogP contribution in [0.2, 0.25) is 0 Å². The third-order valence-electron chi connectivity index (χ3n) is 17.4. The molecule has 5 aliphatic rings. The molecule has 10 unspecified atom stereocenters. The summed E-state index contributed by atoms with van der Waals surface area (Å²) in [5.41, 5.74) is 0.0796.